The number of aromatic nitrogens is 1. The van der Waals surface area contributed by atoms with Gasteiger partial charge in [0.2, 0.25) is 5.89 Å². The normalized spacial score (nSPS) is 21.5. The Bertz CT molecular complexity index is 748. The number of oxazole rings is 1. The van der Waals surface area contributed by atoms with Crippen molar-refractivity contribution in [3.8, 4) is 11.5 Å². The summed E-state index contributed by atoms with van der Waals surface area (Å²) in [5.74, 6) is 0.718. The number of aliphatic hydroxyl groups is 2. The minimum absolute atomic E-state index is 0.00894. The zero-order chi connectivity index (χ0) is 18.9. The van der Waals surface area contributed by atoms with Gasteiger partial charge in [0.15, 0.2) is 0 Å². The van der Waals surface area contributed by atoms with Gasteiger partial charge in [0, 0.05) is 50.2 Å². The summed E-state index contributed by atoms with van der Waals surface area (Å²) in [7, 11) is 0. The van der Waals surface area contributed by atoms with E-state index in [0.29, 0.717) is 31.1 Å². The highest BCUT2D eigenvalue weighted by molar-refractivity contribution is 5.55. The zero-order valence-corrected chi connectivity index (χ0v) is 14.3. The molecule has 3 rings (SSSR count). The number of alkyl halides is 3. The molecule has 2 heterocycles. The lowest BCUT2D eigenvalue weighted by atomic mass is 9.98. The Morgan fingerprint density at radius 3 is 2.42 bits per heavy atom. The van der Waals surface area contributed by atoms with Crippen LogP contribution in [0, 0.1) is 18.8 Å². The Hall–Kier alpha value is -1.90. The van der Waals surface area contributed by atoms with E-state index in [1.54, 1.807) is 6.92 Å². The predicted molar refractivity (Wildman–Crippen MR) is 88.1 cm³/mol. The van der Waals surface area contributed by atoms with Gasteiger partial charge in [-0.3, -0.25) is 4.90 Å². The molecule has 0 aliphatic carbocycles. The number of hydrogen-bond acceptors (Lipinski definition) is 5. The van der Waals surface area contributed by atoms with Crippen LogP contribution >= 0.6 is 0 Å². The van der Waals surface area contributed by atoms with E-state index in [-0.39, 0.29) is 36.5 Å². The van der Waals surface area contributed by atoms with Crippen LogP contribution in [0.1, 0.15) is 17.0 Å². The maximum absolute atomic E-state index is 12.9. The van der Waals surface area contributed by atoms with E-state index in [9.17, 15) is 23.4 Å². The monoisotopic (exact) mass is 370 g/mol. The van der Waals surface area contributed by atoms with Crippen molar-refractivity contribution in [3.63, 3.8) is 0 Å². The number of aliphatic hydroxyl groups excluding tert-OH is 2. The van der Waals surface area contributed by atoms with Gasteiger partial charge in [0.25, 0.3) is 0 Å². The van der Waals surface area contributed by atoms with E-state index in [2.05, 4.69) is 9.88 Å². The van der Waals surface area contributed by atoms with Gasteiger partial charge in [0.1, 0.15) is 5.76 Å². The zero-order valence-electron chi connectivity index (χ0n) is 14.3. The molecule has 8 heteroatoms. The first-order valence-corrected chi connectivity index (χ1v) is 8.39. The van der Waals surface area contributed by atoms with E-state index in [0.717, 1.165) is 12.1 Å². The fraction of sp³-hybridized carbons (Fsp3) is 0.500. The third-order valence-electron chi connectivity index (χ3n) is 4.82. The molecule has 1 aromatic carbocycles. The van der Waals surface area contributed by atoms with Gasteiger partial charge in [-0.15, -0.1) is 0 Å². The lowest BCUT2D eigenvalue weighted by Gasteiger charge is -2.13. The molecule has 1 aliphatic heterocycles. The summed E-state index contributed by atoms with van der Waals surface area (Å²) in [5, 5.41) is 18.8. The van der Waals surface area contributed by atoms with Crippen LogP contribution in [0.25, 0.3) is 11.5 Å². The summed E-state index contributed by atoms with van der Waals surface area (Å²) in [5.41, 5.74) is 0.174. The van der Waals surface area contributed by atoms with Crippen molar-refractivity contribution < 1.29 is 27.8 Å². The van der Waals surface area contributed by atoms with Crippen LogP contribution in [0.15, 0.2) is 28.7 Å². The molecule has 142 valence electrons. The van der Waals surface area contributed by atoms with E-state index >= 15 is 0 Å². The lowest BCUT2D eigenvalue weighted by Crippen LogP contribution is -2.21. The van der Waals surface area contributed by atoms with E-state index < -0.39 is 11.7 Å². The summed E-state index contributed by atoms with van der Waals surface area (Å²) in [4.78, 5) is 6.43. The fourth-order valence-electron chi connectivity index (χ4n) is 3.32. The Morgan fingerprint density at radius 2 is 1.85 bits per heavy atom. The smallest absolute Gasteiger partial charge is 0.416 e. The minimum atomic E-state index is -4.42. The summed E-state index contributed by atoms with van der Waals surface area (Å²) in [6, 6.07) is 4.89. The molecular formula is C18H21F3N2O3. The maximum Gasteiger partial charge on any atom is 0.416 e. The van der Waals surface area contributed by atoms with Crippen molar-refractivity contribution in [2.75, 3.05) is 26.3 Å². The maximum atomic E-state index is 12.9. The fourth-order valence-corrected chi connectivity index (χ4v) is 3.32. The first-order chi connectivity index (χ1) is 12.3. The lowest BCUT2D eigenvalue weighted by molar-refractivity contribution is -0.137. The van der Waals surface area contributed by atoms with Crippen LogP contribution in [0.3, 0.4) is 0 Å². The van der Waals surface area contributed by atoms with Gasteiger partial charge >= 0.3 is 6.18 Å². The summed E-state index contributed by atoms with van der Waals surface area (Å²) in [6.45, 7) is 3.47. The molecule has 1 saturated heterocycles. The molecule has 1 aliphatic rings. The second kappa shape index (κ2) is 7.38. The van der Waals surface area contributed by atoms with Crippen LogP contribution in [0.2, 0.25) is 0 Å². The van der Waals surface area contributed by atoms with E-state index in [1.807, 2.05) is 0 Å². The van der Waals surface area contributed by atoms with E-state index in [1.165, 1.54) is 12.1 Å². The van der Waals surface area contributed by atoms with Crippen LogP contribution in [-0.2, 0) is 12.7 Å². The number of hydrogen-bond donors (Lipinski definition) is 2. The third kappa shape index (κ3) is 3.92. The molecule has 2 aromatic rings. The molecule has 2 N–H and O–H groups in total. The van der Waals surface area contributed by atoms with Gasteiger partial charge in [0.05, 0.1) is 11.3 Å². The molecule has 5 nitrogen and oxygen atoms in total. The standard InChI is InChI=1S/C18H21F3N2O3/c1-11-16(8-23-6-13(9-24)14(7-23)10-25)22-17(26-11)12-3-2-4-15(5-12)18(19,20)21/h2-5,13-14,24-25H,6-10H2,1H3/t13-,14-/m0/s1. The molecule has 0 unspecified atom stereocenters. The number of rotatable bonds is 5. The van der Waals surface area contributed by atoms with Crippen LogP contribution in [-0.4, -0.2) is 46.4 Å². The molecule has 2 atom stereocenters. The Morgan fingerprint density at radius 1 is 1.19 bits per heavy atom. The Kier molecular flexibility index (Phi) is 5.36. The number of aryl methyl sites for hydroxylation is 1. The number of halogens is 3. The van der Waals surface area contributed by atoms with Crippen molar-refractivity contribution in [2.45, 2.75) is 19.6 Å². The SMILES string of the molecule is Cc1oc(-c2cccc(C(F)(F)F)c2)nc1CN1C[C@@H](CO)[C@H](CO)C1. The van der Waals surface area contributed by atoms with Crippen molar-refractivity contribution in [1.82, 2.24) is 9.88 Å². The Labute approximate surface area is 149 Å². The van der Waals surface area contributed by atoms with Crippen LogP contribution in [0.5, 0.6) is 0 Å². The molecule has 0 saturated carbocycles. The molecule has 26 heavy (non-hydrogen) atoms. The number of nitrogens with zero attached hydrogens (tertiary/aromatic N) is 2. The van der Waals surface area contributed by atoms with Gasteiger partial charge in [-0.2, -0.15) is 13.2 Å². The largest absolute Gasteiger partial charge is 0.441 e. The summed E-state index contributed by atoms with van der Waals surface area (Å²) < 4.78 is 44.2. The van der Waals surface area contributed by atoms with Crippen molar-refractivity contribution >= 4 is 0 Å². The average molecular weight is 370 g/mol. The molecule has 1 aromatic heterocycles. The topological polar surface area (TPSA) is 69.7 Å². The van der Waals surface area contributed by atoms with E-state index in [4.69, 9.17) is 4.42 Å². The van der Waals surface area contributed by atoms with Crippen molar-refractivity contribution in [1.29, 1.82) is 0 Å². The first kappa shape index (κ1) is 18.9. The average Bonchev–Trinajstić information content (AvgIpc) is 3.18. The second-order valence-electron chi connectivity index (χ2n) is 6.68. The van der Waals surface area contributed by atoms with Crippen molar-refractivity contribution in [3.05, 3.63) is 41.3 Å². The molecule has 0 bridgehead atoms. The highest BCUT2D eigenvalue weighted by atomic mass is 19.4. The summed E-state index contributed by atoms with van der Waals surface area (Å²) >= 11 is 0. The summed E-state index contributed by atoms with van der Waals surface area (Å²) in [6.07, 6.45) is -4.42. The molecule has 0 amide bonds. The predicted octanol–water partition coefficient (Wildman–Crippen LogP) is 2.70. The third-order valence-corrected chi connectivity index (χ3v) is 4.82. The van der Waals surface area contributed by atoms with Gasteiger partial charge in [-0.1, -0.05) is 6.07 Å². The van der Waals surface area contributed by atoms with Gasteiger partial charge in [-0.25, -0.2) is 4.98 Å². The molecular weight excluding hydrogens is 349 g/mol. The highest BCUT2D eigenvalue weighted by Gasteiger charge is 2.33. The Balaban J connectivity index is 1.78. The first-order valence-electron chi connectivity index (χ1n) is 8.39. The quantitative estimate of drug-likeness (QED) is 0.847. The number of benzene rings is 1. The van der Waals surface area contributed by atoms with Crippen LogP contribution < -0.4 is 0 Å². The molecule has 1 fully saturated rings. The highest BCUT2D eigenvalue weighted by Crippen LogP contribution is 2.33. The minimum Gasteiger partial charge on any atom is -0.441 e. The number of likely N-dealkylation sites (tertiary alicyclic amines) is 1. The van der Waals surface area contributed by atoms with Gasteiger partial charge in [-0.05, 0) is 25.1 Å². The second-order valence-corrected chi connectivity index (χ2v) is 6.68. The van der Waals surface area contributed by atoms with Gasteiger partial charge < -0.3 is 14.6 Å². The molecule has 0 spiro atoms. The van der Waals surface area contributed by atoms with Crippen LogP contribution in [0.4, 0.5) is 13.2 Å². The molecule has 0 radical (unpaired) electrons. The van der Waals surface area contributed by atoms with Crippen molar-refractivity contribution in [2.24, 2.45) is 11.8 Å².